The van der Waals surface area contributed by atoms with E-state index >= 15 is 0 Å². The number of nitrogens with zero attached hydrogens (tertiary/aromatic N) is 1. The van der Waals surface area contributed by atoms with Crippen LogP contribution in [0.15, 0.2) is 22.7 Å². The first kappa shape index (κ1) is 16.6. The van der Waals surface area contributed by atoms with E-state index in [4.69, 9.17) is 16.3 Å². The number of ether oxygens (including phenoxy) is 1. The lowest BCUT2D eigenvalue weighted by molar-refractivity contribution is -0.147. The summed E-state index contributed by atoms with van der Waals surface area (Å²) in [5.74, 6) is 0.825. The SMILES string of the molecule is CCOC(=O)C1CSCCN1C(=O)c1cc(Cl)cc(Br)c1. The van der Waals surface area contributed by atoms with Gasteiger partial charge in [0.2, 0.25) is 0 Å². The highest BCUT2D eigenvalue weighted by Crippen LogP contribution is 2.24. The number of esters is 1. The Morgan fingerprint density at radius 1 is 1.48 bits per heavy atom. The van der Waals surface area contributed by atoms with Gasteiger partial charge >= 0.3 is 5.97 Å². The van der Waals surface area contributed by atoms with Crippen molar-refractivity contribution in [3.05, 3.63) is 33.3 Å². The first-order valence-electron chi connectivity index (χ1n) is 6.54. The van der Waals surface area contributed by atoms with Crippen LogP contribution in [0.25, 0.3) is 0 Å². The fourth-order valence-electron chi connectivity index (χ4n) is 2.12. The first-order valence-corrected chi connectivity index (χ1v) is 8.87. The monoisotopic (exact) mass is 391 g/mol. The molecule has 4 nitrogen and oxygen atoms in total. The number of hydrogen-bond acceptors (Lipinski definition) is 4. The zero-order chi connectivity index (χ0) is 15.4. The summed E-state index contributed by atoms with van der Waals surface area (Å²) in [7, 11) is 0. The summed E-state index contributed by atoms with van der Waals surface area (Å²) >= 11 is 11.0. The van der Waals surface area contributed by atoms with Gasteiger partial charge in [0, 0.05) is 33.1 Å². The molecule has 1 aliphatic rings. The molecular weight excluding hydrogens is 378 g/mol. The van der Waals surface area contributed by atoms with Gasteiger partial charge in [0.15, 0.2) is 0 Å². The summed E-state index contributed by atoms with van der Waals surface area (Å²) in [6.07, 6.45) is 0. The number of hydrogen-bond donors (Lipinski definition) is 0. The van der Waals surface area contributed by atoms with E-state index in [1.54, 1.807) is 41.8 Å². The fraction of sp³-hybridized carbons (Fsp3) is 0.429. The van der Waals surface area contributed by atoms with Crippen molar-refractivity contribution >= 4 is 51.2 Å². The van der Waals surface area contributed by atoms with Crippen molar-refractivity contribution in [2.24, 2.45) is 0 Å². The van der Waals surface area contributed by atoms with Crippen LogP contribution in [0.4, 0.5) is 0 Å². The van der Waals surface area contributed by atoms with Crippen LogP contribution in [-0.4, -0.2) is 47.5 Å². The Bertz CT molecular complexity index is 535. The van der Waals surface area contributed by atoms with E-state index in [-0.39, 0.29) is 11.9 Å². The van der Waals surface area contributed by atoms with Gasteiger partial charge < -0.3 is 9.64 Å². The maximum absolute atomic E-state index is 12.7. The molecule has 2 rings (SSSR count). The van der Waals surface area contributed by atoms with E-state index in [0.29, 0.717) is 29.5 Å². The van der Waals surface area contributed by atoms with Gasteiger partial charge in [-0.1, -0.05) is 27.5 Å². The molecule has 0 bridgehead atoms. The Hall–Kier alpha value is -0.720. The topological polar surface area (TPSA) is 46.6 Å². The summed E-state index contributed by atoms with van der Waals surface area (Å²) in [6, 6.07) is 4.50. The molecule has 0 saturated carbocycles. The Balaban J connectivity index is 2.24. The van der Waals surface area contributed by atoms with Crippen LogP contribution in [-0.2, 0) is 9.53 Å². The molecule has 1 aromatic rings. The molecule has 0 aliphatic carbocycles. The maximum atomic E-state index is 12.7. The Morgan fingerprint density at radius 3 is 2.90 bits per heavy atom. The van der Waals surface area contributed by atoms with Crippen molar-refractivity contribution in [1.82, 2.24) is 4.90 Å². The van der Waals surface area contributed by atoms with Gasteiger partial charge in [-0.05, 0) is 25.1 Å². The van der Waals surface area contributed by atoms with Gasteiger partial charge in [-0.15, -0.1) is 0 Å². The Kier molecular flexibility index (Phi) is 5.96. The Morgan fingerprint density at radius 2 is 2.24 bits per heavy atom. The zero-order valence-corrected chi connectivity index (χ0v) is 14.6. The lowest BCUT2D eigenvalue weighted by Crippen LogP contribution is -2.51. The third-order valence-corrected chi connectivity index (χ3v) is 4.76. The summed E-state index contributed by atoms with van der Waals surface area (Å²) in [5, 5.41) is 0.479. The van der Waals surface area contributed by atoms with Gasteiger partial charge in [-0.25, -0.2) is 4.79 Å². The minimum Gasteiger partial charge on any atom is -0.464 e. The average molecular weight is 393 g/mol. The molecule has 0 N–H and O–H groups in total. The van der Waals surface area contributed by atoms with E-state index in [1.807, 2.05) is 0 Å². The highest BCUT2D eigenvalue weighted by molar-refractivity contribution is 9.10. The van der Waals surface area contributed by atoms with Gasteiger partial charge in [0.25, 0.3) is 5.91 Å². The van der Waals surface area contributed by atoms with Gasteiger partial charge in [0.05, 0.1) is 6.61 Å². The third-order valence-electron chi connectivity index (χ3n) is 3.06. The predicted octanol–water partition coefficient (Wildman–Crippen LogP) is 3.22. The van der Waals surface area contributed by atoms with Crippen molar-refractivity contribution in [2.45, 2.75) is 13.0 Å². The normalized spacial score (nSPS) is 18.4. The molecule has 0 radical (unpaired) electrons. The summed E-state index contributed by atoms with van der Waals surface area (Å²) < 4.78 is 5.80. The second kappa shape index (κ2) is 7.51. The molecule has 1 saturated heterocycles. The van der Waals surface area contributed by atoms with Crippen LogP contribution < -0.4 is 0 Å². The van der Waals surface area contributed by atoms with Crippen LogP contribution in [0, 0.1) is 0 Å². The average Bonchev–Trinajstić information content (AvgIpc) is 2.45. The lowest BCUT2D eigenvalue weighted by Gasteiger charge is -2.33. The summed E-state index contributed by atoms with van der Waals surface area (Å²) in [6.45, 7) is 2.59. The largest absolute Gasteiger partial charge is 0.464 e. The highest BCUT2D eigenvalue weighted by Gasteiger charge is 2.34. The van der Waals surface area contributed by atoms with Gasteiger partial charge in [-0.2, -0.15) is 11.8 Å². The van der Waals surface area contributed by atoms with E-state index in [2.05, 4.69) is 15.9 Å². The molecule has 21 heavy (non-hydrogen) atoms. The first-order chi connectivity index (χ1) is 10.0. The highest BCUT2D eigenvalue weighted by atomic mass is 79.9. The van der Waals surface area contributed by atoms with E-state index in [9.17, 15) is 9.59 Å². The number of carbonyl (C=O) groups excluding carboxylic acids is 2. The molecule has 1 aliphatic heterocycles. The molecule has 1 unspecified atom stereocenters. The van der Waals surface area contributed by atoms with Crippen molar-refractivity contribution < 1.29 is 14.3 Å². The number of halogens is 2. The fourth-order valence-corrected chi connectivity index (χ4v) is 4.02. The summed E-state index contributed by atoms with van der Waals surface area (Å²) in [5.41, 5.74) is 0.468. The minimum absolute atomic E-state index is 0.198. The molecule has 0 aromatic heterocycles. The van der Waals surface area contributed by atoms with Crippen molar-refractivity contribution in [2.75, 3.05) is 24.7 Å². The Labute approximate surface area is 141 Å². The van der Waals surface area contributed by atoms with Crippen LogP contribution in [0.1, 0.15) is 17.3 Å². The molecule has 1 fully saturated rings. The number of amides is 1. The smallest absolute Gasteiger partial charge is 0.329 e. The predicted molar refractivity (Wildman–Crippen MR) is 87.9 cm³/mol. The van der Waals surface area contributed by atoms with E-state index < -0.39 is 6.04 Å². The standard InChI is InChI=1S/C14H15BrClNO3S/c1-2-20-14(19)12-8-21-4-3-17(12)13(18)9-5-10(15)7-11(16)6-9/h5-7,12H,2-4,8H2,1H3. The van der Waals surface area contributed by atoms with Crippen LogP contribution >= 0.6 is 39.3 Å². The second-order valence-corrected chi connectivity index (χ2v) is 7.00. The van der Waals surface area contributed by atoms with Crippen molar-refractivity contribution in [1.29, 1.82) is 0 Å². The molecule has 1 heterocycles. The number of rotatable bonds is 3. The van der Waals surface area contributed by atoms with Gasteiger partial charge in [-0.3, -0.25) is 4.79 Å². The van der Waals surface area contributed by atoms with Crippen molar-refractivity contribution in [3.63, 3.8) is 0 Å². The second-order valence-electron chi connectivity index (χ2n) is 4.50. The van der Waals surface area contributed by atoms with Crippen LogP contribution in [0.3, 0.4) is 0 Å². The molecule has 0 spiro atoms. The molecule has 1 aromatic carbocycles. The third kappa shape index (κ3) is 4.14. The zero-order valence-electron chi connectivity index (χ0n) is 11.5. The minimum atomic E-state index is -0.533. The number of thioether (sulfide) groups is 1. The van der Waals surface area contributed by atoms with Crippen LogP contribution in [0.2, 0.25) is 5.02 Å². The number of carbonyl (C=O) groups is 2. The number of benzene rings is 1. The summed E-state index contributed by atoms with van der Waals surface area (Å²) in [4.78, 5) is 26.2. The van der Waals surface area contributed by atoms with E-state index in [1.165, 1.54) is 0 Å². The molecule has 1 amide bonds. The van der Waals surface area contributed by atoms with Gasteiger partial charge in [0.1, 0.15) is 6.04 Å². The van der Waals surface area contributed by atoms with Crippen LogP contribution in [0.5, 0.6) is 0 Å². The van der Waals surface area contributed by atoms with Crippen molar-refractivity contribution in [3.8, 4) is 0 Å². The maximum Gasteiger partial charge on any atom is 0.329 e. The quantitative estimate of drug-likeness (QED) is 0.741. The molecular formula is C14H15BrClNO3S. The lowest BCUT2D eigenvalue weighted by atomic mass is 10.1. The molecule has 114 valence electrons. The molecule has 1 atom stereocenters. The molecule has 7 heteroatoms. The van der Waals surface area contributed by atoms with E-state index in [0.717, 1.165) is 10.2 Å².